The summed E-state index contributed by atoms with van der Waals surface area (Å²) in [6.45, 7) is 2.68. The molecule has 1 aromatic rings. The largest absolute Gasteiger partial charge is 0.382 e. The third-order valence-corrected chi connectivity index (χ3v) is 2.93. The molecular weight excluding hydrogens is 180 g/mol. The predicted molar refractivity (Wildman–Crippen MR) is 51.8 cm³/mol. The summed E-state index contributed by atoms with van der Waals surface area (Å²) in [6, 6.07) is 0. The van der Waals surface area contributed by atoms with Crippen LogP contribution in [-0.4, -0.2) is 26.9 Å². The van der Waals surface area contributed by atoms with Gasteiger partial charge in [-0.2, -0.15) is 0 Å². The van der Waals surface area contributed by atoms with Gasteiger partial charge < -0.3 is 14.4 Å². The molecule has 78 valence electrons. The van der Waals surface area contributed by atoms with E-state index >= 15 is 0 Å². The smallest absolute Gasteiger partial charge is 0.140 e. The SMILES string of the molecule is Cn1ccnc1C(O)C1(C)CCCO1. The summed E-state index contributed by atoms with van der Waals surface area (Å²) < 4.78 is 7.41. The molecule has 0 aromatic carbocycles. The molecule has 0 amide bonds. The molecule has 1 fully saturated rings. The van der Waals surface area contributed by atoms with Crippen LogP contribution in [0, 0.1) is 0 Å². The van der Waals surface area contributed by atoms with Crippen molar-refractivity contribution in [1.29, 1.82) is 0 Å². The molecule has 2 rings (SSSR count). The summed E-state index contributed by atoms with van der Waals surface area (Å²) >= 11 is 0. The van der Waals surface area contributed by atoms with E-state index in [1.807, 2.05) is 24.7 Å². The Kier molecular flexibility index (Phi) is 2.33. The molecule has 14 heavy (non-hydrogen) atoms. The van der Waals surface area contributed by atoms with Crippen LogP contribution >= 0.6 is 0 Å². The molecule has 2 unspecified atom stereocenters. The Balaban J connectivity index is 2.23. The Morgan fingerprint density at radius 1 is 1.71 bits per heavy atom. The van der Waals surface area contributed by atoms with E-state index in [1.54, 1.807) is 6.20 Å². The van der Waals surface area contributed by atoms with Crippen LogP contribution in [0.5, 0.6) is 0 Å². The van der Waals surface area contributed by atoms with Gasteiger partial charge >= 0.3 is 0 Å². The van der Waals surface area contributed by atoms with Crippen molar-refractivity contribution in [3.63, 3.8) is 0 Å². The highest BCUT2D eigenvalue weighted by molar-refractivity contribution is 5.03. The molecule has 4 heteroatoms. The lowest BCUT2D eigenvalue weighted by Gasteiger charge is -2.28. The van der Waals surface area contributed by atoms with Gasteiger partial charge in [0, 0.05) is 26.0 Å². The van der Waals surface area contributed by atoms with Crippen molar-refractivity contribution >= 4 is 0 Å². The van der Waals surface area contributed by atoms with Crippen molar-refractivity contribution in [2.24, 2.45) is 7.05 Å². The van der Waals surface area contributed by atoms with E-state index in [4.69, 9.17) is 4.74 Å². The summed E-state index contributed by atoms with van der Waals surface area (Å²) in [5.41, 5.74) is -0.459. The molecule has 1 aliphatic heterocycles. The first-order chi connectivity index (χ1) is 6.63. The molecule has 1 aromatic heterocycles. The van der Waals surface area contributed by atoms with E-state index in [2.05, 4.69) is 4.98 Å². The third kappa shape index (κ3) is 1.44. The molecule has 0 bridgehead atoms. The zero-order valence-corrected chi connectivity index (χ0v) is 8.60. The van der Waals surface area contributed by atoms with Crippen LogP contribution in [0.3, 0.4) is 0 Å². The molecule has 1 saturated heterocycles. The second kappa shape index (κ2) is 3.37. The summed E-state index contributed by atoms with van der Waals surface area (Å²) in [5, 5.41) is 10.1. The number of rotatable bonds is 2. The van der Waals surface area contributed by atoms with Crippen LogP contribution in [-0.2, 0) is 11.8 Å². The van der Waals surface area contributed by atoms with E-state index in [-0.39, 0.29) is 0 Å². The first kappa shape index (κ1) is 9.68. The minimum atomic E-state index is -0.634. The van der Waals surface area contributed by atoms with E-state index in [9.17, 15) is 5.11 Å². The van der Waals surface area contributed by atoms with Gasteiger partial charge in [-0.05, 0) is 19.8 Å². The van der Waals surface area contributed by atoms with Crippen LogP contribution in [0.25, 0.3) is 0 Å². The highest BCUT2D eigenvalue weighted by Crippen LogP contribution is 2.36. The average Bonchev–Trinajstić information content (AvgIpc) is 2.74. The van der Waals surface area contributed by atoms with Gasteiger partial charge in [0.2, 0.25) is 0 Å². The number of aliphatic hydroxyl groups excluding tert-OH is 1. The second-order valence-corrected chi connectivity index (χ2v) is 4.06. The number of ether oxygens (including phenoxy) is 1. The fraction of sp³-hybridized carbons (Fsp3) is 0.700. The summed E-state index contributed by atoms with van der Waals surface area (Å²) in [6.07, 6.45) is 4.79. The fourth-order valence-electron chi connectivity index (χ4n) is 1.93. The molecule has 4 nitrogen and oxygen atoms in total. The highest BCUT2D eigenvalue weighted by atomic mass is 16.5. The van der Waals surface area contributed by atoms with Crippen molar-refractivity contribution in [3.05, 3.63) is 18.2 Å². The lowest BCUT2D eigenvalue weighted by molar-refractivity contribution is -0.0840. The van der Waals surface area contributed by atoms with E-state index in [0.717, 1.165) is 19.4 Å². The molecule has 1 N–H and O–H groups in total. The van der Waals surface area contributed by atoms with Crippen molar-refractivity contribution in [1.82, 2.24) is 9.55 Å². The van der Waals surface area contributed by atoms with Crippen LogP contribution in [0.4, 0.5) is 0 Å². The molecule has 2 atom stereocenters. The Bertz CT molecular complexity index is 316. The van der Waals surface area contributed by atoms with Crippen molar-refractivity contribution in [3.8, 4) is 0 Å². The Morgan fingerprint density at radius 3 is 3.00 bits per heavy atom. The number of aromatic nitrogens is 2. The van der Waals surface area contributed by atoms with Crippen LogP contribution < -0.4 is 0 Å². The van der Waals surface area contributed by atoms with Gasteiger partial charge in [-0.1, -0.05) is 0 Å². The molecule has 0 aliphatic carbocycles. The van der Waals surface area contributed by atoms with Gasteiger partial charge in [-0.25, -0.2) is 4.98 Å². The maximum absolute atomic E-state index is 10.1. The zero-order chi connectivity index (χ0) is 10.2. The summed E-state index contributed by atoms with van der Waals surface area (Å²) in [7, 11) is 1.88. The maximum Gasteiger partial charge on any atom is 0.140 e. The molecule has 2 heterocycles. The molecule has 1 aliphatic rings. The van der Waals surface area contributed by atoms with Gasteiger partial charge in [0.25, 0.3) is 0 Å². The Hall–Kier alpha value is -0.870. The lowest BCUT2D eigenvalue weighted by atomic mass is 9.95. The topological polar surface area (TPSA) is 47.3 Å². The van der Waals surface area contributed by atoms with Gasteiger partial charge in [0.15, 0.2) is 0 Å². The minimum absolute atomic E-state index is 0.459. The zero-order valence-electron chi connectivity index (χ0n) is 8.60. The van der Waals surface area contributed by atoms with Gasteiger partial charge in [0.05, 0.1) is 5.60 Å². The first-order valence-electron chi connectivity index (χ1n) is 4.93. The number of nitrogens with zero attached hydrogens (tertiary/aromatic N) is 2. The number of aliphatic hydroxyl groups is 1. The number of hydrogen-bond donors (Lipinski definition) is 1. The van der Waals surface area contributed by atoms with Gasteiger partial charge in [0.1, 0.15) is 11.9 Å². The average molecular weight is 196 g/mol. The van der Waals surface area contributed by atoms with Crippen LogP contribution in [0.1, 0.15) is 31.7 Å². The minimum Gasteiger partial charge on any atom is -0.382 e. The quantitative estimate of drug-likeness (QED) is 0.768. The van der Waals surface area contributed by atoms with Crippen molar-refractivity contribution < 1.29 is 9.84 Å². The molecule has 0 radical (unpaired) electrons. The standard InChI is InChI=1S/C10H16N2O2/c1-10(4-3-7-14-10)8(13)9-11-5-6-12(9)2/h5-6,8,13H,3-4,7H2,1-2H3. The summed E-state index contributed by atoms with van der Waals surface area (Å²) in [5.74, 6) is 0.675. The van der Waals surface area contributed by atoms with E-state index in [0.29, 0.717) is 5.82 Å². The highest BCUT2D eigenvalue weighted by Gasteiger charge is 2.40. The first-order valence-corrected chi connectivity index (χ1v) is 4.93. The fourth-order valence-corrected chi connectivity index (χ4v) is 1.93. The van der Waals surface area contributed by atoms with Crippen molar-refractivity contribution in [2.45, 2.75) is 31.5 Å². The molecular formula is C10H16N2O2. The normalized spacial score (nSPS) is 29.4. The van der Waals surface area contributed by atoms with Crippen LogP contribution in [0.2, 0.25) is 0 Å². The Morgan fingerprint density at radius 2 is 2.50 bits per heavy atom. The lowest BCUT2D eigenvalue weighted by Crippen LogP contribution is -2.33. The van der Waals surface area contributed by atoms with E-state index in [1.165, 1.54) is 0 Å². The predicted octanol–water partition coefficient (Wildman–Crippen LogP) is 1.02. The number of hydrogen-bond acceptors (Lipinski definition) is 3. The summed E-state index contributed by atoms with van der Waals surface area (Å²) in [4.78, 5) is 4.14. The third-order valence-electron chi connectivity index (χ3n) is 2.93. The van der Waals surface area contributed by atoms with Crippen LogP contribution in [0.15, 0.2) is 12.4 Å². The monoisotopic (exact) mass is 196 g/mol. The second-order valence-electron chi connectivity index (χ2n) is 4.06. The van der Waals surface area contributed by atoms with Gasteiger partial charge in [-0.3, -0.25) is 0 Å². The molecule has 0 spiro atoms. The molecule has 0 saturated carbocycles. The number of imidazole rings is 1. The number of aryl methyl sites for hydroxylation is 1. The maximum atomic E-state index is 10.1. The van der Waals surface area contributed by atoms with E-state index < -0.39 is 11.7 Å². The Labute approximate surface area is 83.5 Å². The van der Waals surface area contributed by atoms with Crippen molar-refractivity contribution in [2.75, 3.05) is 6.61 Å². The van der Waals surface area contributed by atoms with Gasteiger partial charge in [-0.15, -0.1) is 0 Å².